The average molecular weight is 660 g/mol. The number of hydrogen-bond donors (Lipinski definition) is 2. The third-order valence-corrected chi connectivity index (χ3v) is 8.04. The normalized spacial score (nSPS) is 11.8. The van der Waals surface area contributed by atoms with Crippen LogP contribution in [0.15, 0.2) is 91.6 Å². The van der Waals surface area contributed by atoms with Crippen molar-refractivity contribution in [1.82, 2.24) is 0 Å². The molecule has 0 saturated carbocycles. The maximum Gasteiger partial charge on any atom is 1.00 e. The minimum absolute atomic E-state index is 0. The zero-order valence-electron chi connectivity index (χ0n) is 22.6. The zero-order chi connectivity index (χ0) is 28.8. The van der Waals surface area contributed by atoms with Gasteiger partial charge in [-0.2, -0.15) is 0 Å². The number of para-hydroxylation sites is 1. The van der Waals surface area contributed by atoms with Gasteiger partial charge in [-0.3, -0.25) is 0 Å². The van der Waals surface area contributed by atoms with E-state index >= 15 is 0 Å². The Morgan fingerprint density at radius 3 is 1.83 bits per heavy atom. The van der Waals surface area contributed by atoms with Crippen LogP contribution >= 0.6 is 0 Å². The first kappa shape index (κ1) is 39.1. The van der Waals surface area contributed by atoms with Crippen molar-refractivity contribution in [3.63, 3.8) is 0 Å². The van der Waals surface area contributed by atoms with Gasteiger partial charge in [-0.05, 0) is 54.3 Å². The van der Waals surface area contributed by atoms with Crippen LogP contribution in [0.1, 0.15) is 5.56 Å². The number of anilines is 2. The Morgan fingerprint density at radius 2 is 1.26 bits per heavy atom. The Balaban J connectivity index is 0.00000294. The summed E-state index contributed by atoms with van der Waals surface area (Å²) in [4.78, 5) is -2.74. The number of rotatable bonds is 7. The van der Waals surface area contributed by atoms with Crippen LogP contribution in [0.2, 0.25) is 0 Å². The van der Waals surface area contributed by atoms with Gasteiger partial charge >= 0.3 is 88.7 Å². The molecule has 4 aromatic rings. The molecule has 0 aliphatic rings. The number of aryl methyl sites for hydroxylation is 1. The minimum Gasteiger partial charge on any atom is -0.744 e. The standard InChI is InChI=1S/C23H19N3O10S3.3Na/c1-13-6-2-3-7-16(13)24-18-12-15(37(28,29)30)10-14-11-20(39(34,35)36)22(23(27)21(14)18)26-25-17-8-4-5-9-19(17)38(31,32)33;;;/h2-12,24,27H,1H3,(H,28,29,30)(H,31,32,33)(H,34,35,36);;;/q;3*+1/p-3. The molecular weight excluding hydrogens is 643 g/mol. The van der Waals surface area contributed by atoms with Gasteiger partial charge in [-0.15, -0.1) is 10.2 Å². The van der Waals surface area contributed by atoms with Crippen LogP contribution in [0, 0.1) is 6.92 Å². The molecule has 0 radical (unpaired) electrons. The Morgan fingerprint density at radius 1 is 0.690 bits per heavy atom. The van der Waals surface area contributed by atoms with Crippen LogP contribution in [0.25, 0.3) is 10.8 Å². The second-order valence-corrected chi connectivity index (χ2v) is 12.2. The van der Waals surface area contributed by atoms with Crippen molar-refractivity contribution < 1.29 is 133 Å². The quantitative estimate of drug-likeness (QED) is 0.108. The Kier molecular flexibility index (Phi) is 13.9. The van der Waals surface area contributed by atoms with Crippen molar-refractivity contribution >= 4 is 63.9 Å². The molecule has 0 amide bonds. The third-order valence-electron chi connectivity index (χ3n) is 5.49. The molecule has 0 aliphatic heterocycles. The number of benzene rings is 4. The molecule has 42 heavy (non-hydrogen) atoms. The molecular formula is C23H16N3Na3O10S3. The average Bonchev–Trinajstić information content (AvgIpc) is 2.83. The van der Waals surface area contributed by atoms with E-state index < -0.39 is 62.2 Å². The molecule has 0 fully saturated rings. The number of hydrogen-bond acceptors (Lipinski definition) is 13. The molecule has 0 unspecified atom stereocenters. The number of aromatic hydroxyl groups is 1. The van der Waals surface area contributed by atoms with E-state index in [1.807, 2.05) is 0 Å². The van der Waals surface area contributed by atoms with Gasteiger partial charge in [0.05, 0.1) is 20.4 Å². The van der Waals surface area contributed by atoms with Gasteiger partial charge < -0.3 is 24.1 Å². The summed E-state index contributed by atoms with van der Waals surface area (Å²) >= 11 is 0. The molecule has 19 heteroatoms. The van der Waals surface area contributed by atoms with Gasteiger partial charge in [0.25, 0.3) is 0 Å². The van der Waals surface area contributed by atoms with Gasteiger partial charge in [0.15, 0.2) is 5.75 Å². The second kappa shape index (κ2) is 14.9. The molecule has 0 saturated heterocycles. The van der Waals surface area contributed by atoms with E-state index in [1.54, 1.807) is 31.2 Å². The van der Waals surface area contributed by atoms with Gasteiger partial charge in [0, 0.05) is 11.1 Å². The SMILES string of the molecule is Cc1ccccc1Nc1cc(S(=O)(=O)[O-])cc2cc(S(=O)(=O)[O-])c(N=Nc3ccccc3S(=O)(=O)[O-])c(O)c12.[Na+].[Na+].[Na+]. The van der Waals surface area contributed by atoms with Crippen molar-refractivity contribution in [2.24, 2.45) is 10.2 Å². The van der Waals surface area contributed by atoms with Crippen molar-refractivity contribution in [3.05, 3.63) is 72.3 Å². The van der Waals surface area contributed by atoms with E-state index in [-0.39, 0.29) is 105 Å². The summed E-state index contributed by atoms with van der Waals surface area (Å²) in [5.74, 6) is -0.959. The predicted molar refractivity (Wildman–Crippen MR) is 135 cm³/mol. The van der Waals surface area contributed by atoms with Crippen LogP contribution in [-0.2, 0) is 30.4 Å². The van der Waals surface area contributed by atoms with E-state index in [9.17, 15) is 44.0 Å². The fourth-order valence-electron chi connectivity index (χ4n) is 3.70. The largest absolute Gasteiger partial charge is 1.00 e. The number of nitrogens with zero attached hydrogens (tertiary/aromatic N) is 2. The number of fused-ring (bicyclic) bond motifs is 1. The molecule has 4 rings (SSSR count). The van der Waals surface area contributed by atoms with E-state index in [2.05, 4.69) is 15.5 Å². The summed E-state index contributed by atoms with van der Waals surface area (Å²) in [5, 5.41) is 20.6. The summed E-state index contributed by atoms with van der Waals surface area (Å²) in [5.41, 5.74) is -0.484. The molecule has 0 heterocycles. The number of azo groups is 1. The van der Waals surface area contributed by atoms with Crippen LogP contribution in [0.3, 0.4) is 0 Å². The van der Waals surface area contributed by atoms with Gasteiger partial charge in [-0.25, -0.2) is 25.3 Å². The fourth-order valence-corrected chi connectivity index (χ4v) is 5.49. The first-order chi connectivity index (χ1) is 18.1. The van der Waals surface area contributed by atoms with Crippen molar-refractivity contribution in [2.45, 2.75) is 21.6 Å². The molecule has 0 spiro atoms. The van der Waals surface area contributed by atoms with Crippen molar-refractivity contribution in [3.8, 4) is 5.75 Å². The van der Waals surface area contributed by atoms with Crippen molar-refractivity contribution in [2.75, 3.05) is 5.32 Å². The minimum atomic E-state index is -5.41. The molecule has 13 nitrogen and oxygen atoms in total. The van der Waals surface area contributed by atoms with Gasteiger partial charge in [-0.1, -0.05) is 30.3 Å². The number of phenolic OH excluding ortho intramolecular Hbond substituents is 1. The Bertz CT molecular complexity index is 2010. The van der Waals surface area contributed by atoms with Crippen LogP contribution in [0.4, 0.5) is 22.7 Å². The third kappa shape index (κ3) is 8.83. The number of nitrogens with one attached hydrogen (secondary N) is 1. The van der Waals surface area contributed by atoms with E-state index in [0.717, 1.165) is 24.3 Å². The fraction of sp³-hybridized carbons (Fsp3) is 0.0435. The second-order valence-electron chi connectivity index (χ2n) is 8.11. The topological polar surface area (TPSA) is 229 Å². The van der Waals surface area contributed by atoms with E-state index in [1.165, 1.54) is 12.1 Å². The molecule has 2 N–H and O–H groups in total. The molecule has 0 bridgehead atoms. The predicted octanol–water partition coefficient (Wildman–Crippen LogP) is -5.26. The summed E-state index contributed by atoms with van der Waals surface area (Å²) < 4.78 is 106. The molecule has 0 atom stereocenters. The Labute approximate surface area is 308 Å². The monoisotopic (exact) mass is 659 g/mol. The maximum atomic E-state index is 12.1. The summed E-state index contributed by atoms with van der Waals surface area (Å²) in [6.07, 6.45) is 0. The molecule has 4 aromatic carbocycles. The van der Waals surface area contributed by atoms with Crippen LogP contribution in [0.5, 0.6) is 5.75 Å². The van der Waals surface area contributed by atoms with E-state index in [4.69, 9.17) is 0 Å². The zero-order valence-corrected chi connectivity index (χ0v) is 31.0. The maximum absolute atomic E-state index is 12.1. The van der Waals surface area contributed by atoms with Crippen LogP contribution in [-0.4, -0.2) is 44.0 Å². The van der Waals surface area contributed by atoms with Crippen LogP contribution < -0.4 is 94.0 Å². The summed E-state index contributed by atoms with van der Waals surface area (Å²) in [6, 6.07) is 13.6. The van der Waals surface area contributed by atoms with Crippen molar-refractivity contribution in [1.29, 1.82) is 0 Å². The smallest absolute Gasteiger partial charge is 0.744 e. The van der Waals surface area contributed by atoms with Gasteiger partial charge in [0.2, 0.25) is 0 Å². The summed E-state index contributed by atoms with van der Waals surface area (Å²) in [7, 11) is -15.5. The van der Waals surface area contributed by atoms with E-state index in [0.29, 0.717) is 17.3 Å². The Hall–Kier alpha value is -0.930. The summed E-state index contributed by atoms with van der Waals surface area (Å²) in [6.45, 7) is 1.71. The molecule has 0 aliphatic carbocycles. The van der Waals surface area contributed by atoms with Gasteiger partial charge in [0.1, 0.15) is 41.7 Å². The first-order valence-electron chi connectivity index (χ1n) is 10.6. The number of phenols is 1. The molecule has 0 aromatic heterocycles. The first-order valence-corrected chi connectivity index (χ1v) is 14.8. The molecule has 204 valence electrons.